The van der Waals surface area contributed by atoms with Crippen LogP contribution in [0.1, 0.15) is 47.2 Å². The number of hydrogen-bond donors (Lipinski definition) is 1. The number of nitrogens with one attached hydrogen (secondary N) is 1. The largest absolute Gasteiger partial charge is 0.310 e. The second-order valence-corrected chi connectivity index (χ2v) is 8.95. The quantitative estimate of drug-likeness (QED) is 0.682. The molecule has 29 heavy (non-hydrogen) atoms. The van der Waals surface area contributed by atoms with Gasteiger partial charge in [-0.05, 0) is 43.0 Å². The maximum Gasteiger partial charge on any atom is 0.233 e. The van der Waals surface area contributed by atoms with Gasteiger partial charge in [0.2, 0.25) is 5.91 Å². The van der Waals surface area contributed by atoms with Gasteiger partial charge in [-0.15, -0.1) is 0 Å². The molecule has 3 aromatic rings. The topological polar surface area (TPSA) is 64.0 Å². The van der Waals surface area contributed by atoms with Crippen molar-refractivity contribution in [3.63, 3.8) is 0 Å². The summed E-state index contributed by atoms with van der Waals surface area (Å²) < 4.78 is 13.9. The van der Waals surface area contributed by atoms with E-state index in [1.165, 1.54) is 0 Å². The van der Waals surface area contributed by atoms with Crippen LogP contribution in [-0.2, 0) is 27.1 Å². The average Bonchev–Trinajstić information content (AvgIpc) is 3.22. The Balaban J connectivity index is 1.76. The number of aromatic nitrogens is 2. The molecule has 0 radical (unpaired) electrons. The highest BCUT2D eigenvalue weighted by Gasteiger charge is 2.30. The van der Waals surface area contributed by atoms with Gasteiger partial charge >= 0.3 is 0 Å². The molecule has 6 heteroatoms. The second-order valence-electron chi connectivity index (χ2n) is 7.49. The minimum Gasteiger partial charge on any atom is -0.310 e. The van der Waals surface area contributed by atoms with E-state index in [0.29, 0.717) is 23.7 Å². The van der Waals surface area contributed by atoms with E-state index in [9.17, 15) is 9.00 Å². The zero-order valence-corrected chi connectivity index (χ0v) is 17.8. The molecule has 4 rings (SSSR count). The molecule has 5 nitrogen and oxygen atoms in total. The normalized spacial score (nSPS) is 16.4. The molecular weight excluding hydrogens is 382 g/mol. The van der Waals surface area contributed by atoms with Crippen LogP contribution in [0.2, 0.25) is 0 Å². The Bertz CT molecular complexity index is 1090. The first kappa shape index (κ1) is 19.6. The average molecular weight is 408 g/mol. The number of amides is 1. The highest BCUT2D eigenvalue weighted by atomic mass is 32.2. The number of aryl methyl sites for hydroxylation is 1. The zero-order valence-electron chi connectivity index (χ0n) is 16.9. The number of fused-ring (bicyclic) bond motifs is 1. The lowest BCUT2D eigenvalue weighted by atomic mass is 9.95. The first-order valence-electron chi connectivity index (χ1n) is 9.87. The molecule has 0 unspecified atom stereocenters. The zero-order chi connectivity index (χ0) is 20.5. The summed E-state index contributed by atoms with van der Waals surface area (Å²) in [5, 5.41) is 7.87. The third-order valence-corrected chi connectivity index (χ3v) is 6.85. The van der Waals surface area contributed by atoms with Crippen molar-refractivity contribution in [1.29, 1.82) is 0 Å². The molecule has 1 N–H and O–H groups in total. The molecule has 0 saturated carbocycles. The van der Waals surface area contributed by atoms with E-state index >= 15 is 0 Å². The SMILES string of the molecule is CC[C@@H](C(=O)Nc1c2c(nn1-c1cccc(C)c1C)C[S@](=O)C2)c1ccccc1. The van der Waals surface area contributed by atoms with Gasteiger partial charge in [0.15, 0.2) is 0 Å². The van der Waals surface area contributed by atoms with Crippen molar-refractivity contribution < 1.29 is 9.00 Å². The van der Waals surface area contributed by atoms with Crippen molar-refractivity contribution in [2.45, 2.75) is 44.6 Å². The van der Waals surface area contributed by atoms with Crippen LogP contribution in [0, 0.1) is 13.8 Å². The van der Waals surface area contributed by atoms with Crippen LogP contribution in [0.3, 0.4) is 0 Å². The van der Waals surface area contributed by atoms with Gasteiger partial charge in [-0.3, -0.25) is 9.00 Å². The Hall–Kier alpha value is -2.73. The Morgan fingerprint density at radius 1 is 1.14 bits per heavy atom. The van der Waals surface area contributed by atoms with Gasteiger partial charge in [0.25, 0.3) is 0 Å². The second kappa shape index (κ2) is 7.95. The standard InChI is InChI=1S/C23H25N3O2S/c1-4-18(17-10-6-5-7-11-17)23(27)24-22-19-13-29(28)14-20(19)25-26(22)21-12-8-9-15(2)16(21)3/h5-12,18H,4,13-14H2,1-3H3,(H,24,27)/t18-,29-/m1/s1. The van der Waals surface area contributed by atoms with Crippen molar-refractivity contribution in [3.05, 3.63) is 76.5 Å². The lowest BCUT2D eigenvalue weighted by molar-refractivity contribution is -0.117. The van der Waals surface area contributed by atoms with Crippen LogP contribution >= 0.6 is 0 Å². The van der Waals surface area contributed by atoms with Gasteiger partial charge in [0.1, 0.15) is 5.82 Å². The maximum atomic E-state index is 13.2. The van der Waals surface area contributed by atoms with Crippen molar-refractivity contribution in [1.82, 2.24) is 9.78 Å². The van der Waals surface area contributed by atoms with Gasteiger partial charge in [-0.25, -0.2) is 4.68 Å². The number of rotatable bonds is 5. The Morgan fingerprint density at radius 3 is 2.62 bits per heavy atom. The molecule has 1 aliphatic heterocycles. The van der Waals surface area contributed by atoms with Crippen molar-refractivity contribution in [2.24, 2.45) is 0 Å². The third kappa shape index (κ3) is 3.65. The molecule has 2 heterocycles. The molecule has 0 fully saturated rings. The predicted octanol–water partition coefficient (Wildman–Crippen LogP) is 4.38. The highest BCUT2D eigenvalue weighted by Crippen LogP contribution is 2.33. The molecule has 1 aromatic heterocycles. The fraction of sp³-hybridized carbons (Fsp3) is 0.304. The van der Waals surface area contributed by atoms with E-state index in [-0.39, 0.29) is 11.8 Å². The number of hydrogen-bond acceptors (Lipinski definition) is 3. The number of carbonyl (C=O) groups excluding carboxylic acids is 1. The number of carbonyl (C=O) groups is 1. The fourth-order valence-corrected chi connectivity index (χ4v) is 5.12. The minimum atomic E-state index is -0.963. The smallest absolute Gasteiger partial charge is 0.233 e. The van der Waals surface area contributed by atoms with Crippen molar-refractivity contribution >= 4 is 22.5 Å². The summed E-state index contributed by atoms with van der Waals surface area (Å²) in [6.45, 7) is 6.13. The number of benzene rings is 2. The summed E-state index contributed by atoms with van der Waals surface area (Å²) in [5.41, 5.74) is 5.90. The van der Waals surface area contributed by atoms with E-state index in [4.69, 9.17) is 5.10 Å². The Morgan fingerprint density at radius 2 is 1.90 bits per heavy atom. The molecule has 1 aliphatic rings. The molecule has 150 valence electrons. The summed E-state index contributed by atoms with van der Waals surface area (Å²) in [4.78, 5) is 13.2. The Kier molecular flexibility index (Phi) is 5.37. The predicted molar refractivity (Wildman–Crippen MR) is 117 cm³/mol. The number of anilines is 1. The van der Waals surface area contributed by atoms with Crippen LogP contribution in [0.4, 0.5) is 5.82 Å². The van der Waals surface area contributed by atoms with Crippen molar-refractivity contribution in [2.75, 3.05) is 5.32 Å². The van der Waals surface area contributed by atoms with Gasteiger partial charge in [0.05, 0.1) is 28.8 Å². The van der Waals surface area contributed by atoms with Crippen LogP contribution in [0.15, 0.2) is 48.5 Å². The monoisotopic (exact) mass is 407 g/mol. The van der Waals surface area contributed by atoms with Crippen molar-refractivity contribution in [3.8, 4) is 5.69 Å². The molecule has 0 saturated heterocycles. The summed E-state index contributed by atoms with van der Waals surface area (Å²) in [6.07, 6.45) is 0.696. The van der Waals surface area contributed by atoms with E-state index in [0.717, 1.165) is 33.6 Å². The molecule has 0 spiro atoms. The summed E-state index contributed by atoms with van der Waals surface area (Å²) in [7, 11) is -0.963. The molecule has 0 aliphatic carbocycles. The molecule has 1 amide bonds. The van der Waals surface area contributed by atoms with Crippen LogP contribution in [0.25, 0.3) is 5.69 Å². The fourth-order valence-electron chi connectivity index (χ4n) is 3.86. The van der Waals surface area contributed by atoms with Crippen LogP contribution < -0.4 is 5.32 Å². The molecule has 0 bridgehead atoms. The summed E-state index contributed by atoms with van der Waals surface area (Å²) in [5.74, 6) is 1.20. The van der Waals surface area contributed by atoms with E-state index in [1.807, 2.05) is 54.1 Å². The van der Waals surface area contributed by atoms with Gasteiger partial charge in [-0.2, -0.15) is 5.10 Å². The maximum absolute atomic E-state index is 13.2. The first-order chi connectivity index (χ1) is 14.0. The third-order valence-electron chi connectivity index (χ3n) is 5.64. The van der Waals surface area contributed by atoms with E-state index in [2.05, 4.69) is 25.2 Å². The summed E-state index contributed by atoms with van der Waals surface area (Å²) in [6, 6.07) is 15.9. The van der Waals surface area contributed by atoms with Crippen LogP contribution in [-0.4, -0.2) is 19.9 Å². The molecule has 2 atom stereocenters. The van der Waals surface area contributed by atoms with Gasteiger partial charge in [0, 0.05) is 16.4 Å². The van der Waals surface area contributed by atoms with E-state index in [1.54, 1.807) is 0 Å². The van der Waals surface area contributed by atoms with E-state index < -0.39 is 10.8 Å². The number of nitrogens with zero attached hydrogens (tertiary/aromatic N) is 2. The molecule has 2 aromatic carbocycles. The minimum absolute atomic E-state index is 0.0642. The summed E-state index contributed by atoms with van der Waals surface area (Å²) >= 11 is 0. The first-order valence-corrected chi connectivity index (χ1v) is 11.4. The van der Waals surface area contributed by atoms with Gasteiger partial charge < -0.3 is 5.32 Å². The van der Waals surface area contributed by atoms with Gasteiger partial charge in [-0.1, -0.05) is 49.4 Å². The Labute approximate surface area is 173 Å². The van der Waals surface area contributed by atoms with Crippen LogP contribution in [0.5, 0.6) is 0 Å². The molecular formula is C23H25N3O2S. The lowest BCUT2D eigenvalue weighted by Crippen LogP contribution is -2.23. The highest BCUT2D eigenvalue weighted by molar-refractivity contribution is 7.83. The lowest BCUT2D eigenvalue weighted by Gasteiger charge is -2.18.